The van der Waals surface area contributed by atoms with Crippen LogP contribution in [0.2, 0.25) is 0 Å². The minimum Gasteiger partial charge on any atom is -0.396 e. The number of hydrogen-bond donors (Lipinski definition) is 2. The maximum Gasteiger partial charge on any atom is 0.226 e. The number of pyridine rings is 1. The molecule has 3 aliphatic rings. The lowest BCUT2D eigenvalue weighted by Gasteiger charge is -2.42. The van der Waals surface area contributed by atoms with Gasteiger partial charge in [-0.2, -0.15) is 15.5 Å². The number of aliphatic hydroxyl groups is 1. The summed E-state index contributed by atoms with van der Waals surface area (Å²) in [6.45, 7) is 3.90. The van der Waals surface area contributed by atoms with E-state index in [1.54, 1.807) is 16.9 Å². The molecule has 0 bridgehead atoms. The molecule has 0 spiro atoms. The van der Waals surface area contributed by atoms with Gasteiger partial charge in [0.05, 0.1) is 41.4 Å². The van der Waals surface area contributed by atoms with Crippen LogP contribution in [0.5, 0.6) is 0 Å². The zero-order chi connectivity index (χ0) is 29.6. The van der Waals surface area contributed by atoms with E-state index in [9.17, 15) is 15.2 Å². The Morgan fingerprint density at radius 2 is 1.93 bits per heavy atom. The molecule has 4 aromatic heterocycles. The van der Waals surface area contributed by atoms with Crippen molar-refractivity contribution in [1.82, 2.24) is 34.7 Å². The van der Waals surface area contributed by atoms with E-state index >= 15 is 0 Å². The summed E-state index contributed by atoms with van der Waals surface area (Å²) < 4.78 is 3.66. The number of nitrogens with zero attached hydrogens (tertiary/aromatic N) is 8. The van der Waals surface area contributed by atoms with Crippen molar-refractivity contribution in [2.75, 3.05) is 24.6 Å². The molecule has 3 fully saturated rings. The van der Waals surface area contributed by atoms with Crippen LogP contribution in [0.3, 0.4) is 0 Å². The van der Waals surface area contributed by atoms with Crippen LogP contribution in [-0.2, 0) is 4.79 Å². The van der Waals surface area contributed by atoms with E-state index in [-0.39, 0.29) is 24.0 Å². The minimum atomic E-state index is -0.301. The Morgan fingerprint density at radius 3 is 2.58 bits per heavy atom. The fourth-order valence-corrected chi connectivity index (χ4v) is 6.68. The van der Waals surface area contributed by atoms with Gasteiger partial charge in [-0.3, -0.25) is 9.48 Å². The topological polar surface area (TPSA) is 137 Å². The average molecular weight is 580 g/mol. The second-order valence-electron chi connectivity index (χ2n) is 12.4. The van der Waals surface area contributed by atoms with Crippen LogP contribution in [0.4, 0.5) is 5.82 Å². The van der Waals surface area contributed by atoms with Gasteiger partial charge in [0.25, 0.3) is 0 Å². The molecule has 7 rings (SSSR count). The van der Waals surface area contributed by atoms with Crippen molar-refractivity contribution in [2.45, 2.75) is 70.4 Å². The SMILES string of the molecule is CCC1(C(=O)NC2CCC2)CCN(c2ccc(-c3nc(-c4cnn(C5CC(CO)C5)c4)cn4ncc(C#N)c34)cn2)CC1. The second kappa shape index (κ2) is 11.1. The van der Waals surface area contributed by atoms with Crippen LogP contribution in [0, 0.1) is 22.7 Å². The number of carbonyl (C=O) groups excluding carboxylic acids is 1. The molecule has 1 aliphatic heterocycles. The molecule has 11 heteroatoms. The van der Waals surface area contributed by atoms with Crippen LogP contribution in [0.15, 0.2) is 43.1 Å². The summed E-state index contributed by atoms with van der Waals surface area (Å²) in [5, 5.41) is 31.5. The van der Waals surface area contributed by atoms with Crippen LogP contribution >= 0.6 is 0 Å². The molecule has 2 N–H and O–H groups in total. The summed E-state index contributed by atoms with van der Waals surface area (Å²) >= 11 is 0. The highest BCUT2D eigenvalue weighted by atomic mass is 16.3. The molecule has 43 heavy (non-hydrogen) atoms. The van der Waals surface area contributed by atoms with Crippen molar-refractivity contribution >= 4 is 17.2 Å². The number of carbonyl (C=O) groups is 1. The number of piperidine rings is 1. The molecule has 0 atom stereocenters. The Morgan fingerprint density at radius 1 is 1.12 bits per heavy atom. The molecule has 4 aromatic rings. The van der Waals surface area contributed by atoms with Gasteiger partial charge < -0.3 is 15.3 Å². The van der Waals surface area contributed by atoms with E-state index in [1.807, 2.05) is 35.4 Å². The Hall–Kier alpha value is -4.30. The highest BCUT2D eigenvalue weighted by Crippen LogP contribution is 2.39. The van der Waals surface area contributed by atoms with E-state index in [1.165, 1.54) is 6.42 Å². The van der Waals surface area contributed by atoms with Crippen LogP contribution in [0.1, 0.15) is 69.9 Å². The quantitative estimate of drug-likeness (QED) is 0.318. The van der Waals surface area contributed by atoms with Crippen molar-refractivity contribution in [1.29, 1.82) is 5.26 Å². The molecule has 1 saturated heterocycles. The molecule has 2 saturated carbocycles. The van der Waals surface area contributed by atoms with Crippen molar-refractivity contribution in [3.63, 3.8) is 0 Å². The number of rotatable bonds is 8. The van der Waals surface area contributed by atoms with Gasteiger partial charge in [-0.15, -0.1) is 0 Å². The van der Waals surface area contributed by atoms with Crippen LogP contribution in [-0.4, -0.2) is 66.1 Å². The lowest BCUT2D eigenvalue weighted by molar-refractivity contribution is -0.133. The summed E-state index contributed by atoms with van der Waals surface area (Å²) in [6, 6.07) is 6.89. The Balaban J connectivity index is 1.12. The van der Waals surface area contributed by atoms with Gasteiger partial charge in [0.15, 0.2) is 0 Å². The van der Waals surface area contributed by atoms with Crippen LogP contribution in [0.25, 0.3) is 28.0 Å². The molecule has 0 unspecified atom stereocenters. The zero-order valence-electron chi connectivity index (χ0n) is 24.5. The van der Waals surface area contributed by atoms with E-state index < -0.39 is 0 Å². The largest absolute Gasteiger partial charge is 0.396 e. The zero-order valence-corrected chi connectivity index (χ0v) is 24.5. The smallest absolute Gasteiger partial charge is 0.226 e. The number of anilines is 1. The Bertz CT molecular complexity index is 1670. The van der Waals surface area contributed by atoms with Crippen molar-refractivity contribution in [3.05, 3.63) is 48.7 Å². The summed E-state index contributed by atoms with van der Waals surface area (Å²) in [6.07, 6.45) is 16.7. The van der Waals surface area contributed by atoms with Crippen molar-refractivity contribution in [2.24, 2.45) is 11.3 Å². The van der Waals surface area contributed by atoms with Gasteiger partial charge in [0.1, 0.15) is 23.0 Å². The first-order chi connectivity index (χ1) is 21.0. The third-order valence-corrected chi connectivity index (χ3v) is 10.0. The molecule has 222 valence electrons. The molecule has 5 heterocycles. The summed E-state index contributed by atoms with van der Waals surface area (Å²) in [7, 11) is 0. The standard InChI is InChI=1S/C32H37N9O2/c1-2-32(31(43)37-25-4-3-5-25)8-10-39(11-9-32)28-7-6-22(15-34-28)29-30-23(14-33)16-36-41(30)19-27(38-29)24-17-35-40(18-24)26-12-21(13-26)20-42/h6-7,15-19,21,25-26,42H,2-5,8-13,20H2,1H3,(H,37,43). The van der Waals surface area contributed by atoms with E-state index in [4.69, 9.17) is 9.97 Å². The number of nitriles is 1. The predicted molar refractivity (Wildman–Crippen MR) is 161 cm³/mol. The maximum absolute atomic E-state index is 13.1. The summed E-state index contributed by atoms with van der Waals surface area (Å²) in [4.78, 5) is 25.2. The third-order valence-electron chi connectivity index (χ3n) is 10.0. The van der Waals surface area contributed by atoms with Gasteiger partial charge >= 0.3 is 0 Å². The highest BCUT2D eigenvalue weighted by molar-refractivity contribution is 5.84. The molecular formula is C32H37N9O2. The first kappa shape index (κ1) is 27.5. The summed E-state index contributed by atoms with van der Waals surface area (Å²) in [5.74, 6) is 1.44. The lowest BCUT2D eigenvalue weighted by Crippen LogP contribution is -2.52. The fourth-order valence-electron chi connectivity index (χ4n) is 6.68. The van der Waals surface area contributed by atoms with Gasteiger partial charge in [-0.1, -0.05) is 6.92 Å². The predicted octanol–water partition coefficient (Wildman–Crippen LogP) is 4.14. The first-order valence-corrected chi connectivity index (χ1v) is 15.5. The van der Waals surface area contributed by atoms with Gasteiger partial charge in [-0.05, 0) is 69.4 Å². The molecule has 0 radical (unpaired) electrons. The van der Waals surface area contributed by atoms with Crippen molar-refractivity contribution < 1.29 is 9.90 Å². The van der Waals surface area contributed by atoms with Crippen LogP contribution < -0.4 is 10.2 Å². The highest BCUT2D eigenvalue weighted by Gasteiger charge is 2.41. The maximum atomic E-state index is 13.1. The summed E-state index contributed by atoms with van der Waals surface area (Å²) in [5.41, 5.74) is 3.79. The fraction of sp³-hybridized carbons (Fsp3) is 0.500. The Labute approximate surface area is 250 Å². The number of amides is 1. The number of fused-ring (bicyclic) bond motifs is 1. The van der Waals surface area contributed by atoms with E-state index in [2.05, 4.69) is 33.4 Å². The number of hydrogen-bond acceptors (Lipinski definition) is 8. The molecule has 11 nitrogen and oxygen atoms in total. The minimum absolute atomic E-state index is 0.217. The first-order valence-electron chi connectivity index (χ1n) is 15.5. The Kier molecular flexibility index (Phi) is 7.09. The van der Waals surface area contributed by atoms with E-state index in [0.29, 0.717) is 34.4 Å². The number of nitrogens with one attached hydrogen (secondary N) is 1. The molecule has 0 aromatic carbocycles. The second-order valence-corrected chi connectivity index (χ2v) is 12.4. The molecule has 1 amide bonds. The van der Waals surface area contributed by atoms with Gasteiger partial charge in [-0.25, -0.2) is 14.5 Å². The number of aliphatic hydroxyl groups excluding tert-OH is 1. The average Bonchev–Trinajstić information content (AvgIpc) is 3.66. The monoisotopic (exact) mass is 579 g/mol. The normalized spacial score (nSPS) is 21.7. The van der Waals surface area contributed by atoms with Gasteiger partial charge in [0, 0.05) is 49.3 Å². The van der Waals surface area contributed by atoms with Gasteiger partial charge in [0.2, 0.25) is 5.91 Å². The number of aromatic nitrogens is 6. The molecule has 2 aliphatic carbocycles. The third kappa shape index (κ3) is 4.93. The molecular weight excluding hydrogens is 542 g/mol. The van der Waals surface area contributed by atoms with Crippen molar-refractivity contribution in [3.8, 4) is 28.6 Å². The van der Waals surface area contributed by atoms with E-state index in [0.717, 1.165) is 75.0 Å². The lowest BCUT2D eigenvalue weighted by atomic mass is 9.74.